The number of para-hydroxylation sites is 1. The Labute approximate surface area is 271 Å². The van der Waals surface area contributed by atoms with Crippen molar-refractivity contribution in [2.45, 2.75) is 102 Å². The number of anilines is 2. The van der Waals surface area contributed by atoms with Gasteiger partial charge in [-0.2, -0.15) is 0 Å². The van der Waals surface area contributed by atoms with Crippen LogP contribution in [0.15, 0.2) is 47.1 Å². The van der Waals surface area contributed by atoms with Crippen LogP contribution in [-0.2, 0) is 12.8 Å². The standard InChI is InChI=1S/C37H46N4O5/c1-23-6-2-3-8-31(23)40-17-5-7-24(15-18-40)11-12-27-20-26-16-19-41(32-9-4-10-33(42)34(32)43)37(45)28(26)21-29(27)38-35(44)30-22-46-36(39-30)25-13-14-25/h2-3,6,8,20-22,24-25,32-34,42-43H,4-5,7,9-19H2,1H3,(H,38,44). The maximum Gasteiger partial charge on any atom is 0.277 e. The quantitative estimate of drug-likeness (QED) is 0.297. The normalized spacial score (nSPS) is 25.2. The van der Waals surface area contributed by atoms with Gasteiger partial charge in [0, 0.05) is 42.5 Å². The predicted octanol–water partition coefficient (Wildman–Crippen LogP) is 5.62. The number of aliphatic hydroxyl groups is 2. The summed E-state index contributed by atoms with van der Waals surface area (Å²) in [6.45, 7) is 4.78. The molecule has 1 saturated heterocycles. The molecule has 0 radical (unpaired) electrons. The molecule has 7 rings (SSSR count). The fraction of sp³-hybridized carbons (Fsp3) is 0.541. The fourth-order valence-corrected chi connectivity index (χ4v) is 7.78. The number of oxazole rings is 1. The molecule has 4 aliphatic rings. The monoisotopic (exact) mass is 626 g/mol. The number of rotatable bonds is 8. The van der Waals surface area contributed by atoms with E-state index in [2.05, 4.69) is 52.5 Å². The van der Waals surface area contributed by atoms with Crippen molar-refractivity contribution in [3.8, 4) is 0 Å². The number of aromatic nitrogens is 1. The molecule has 0 bridgehead atoms. The molecule has 2 aromatic carbocycles. The Bertz CT molecular complexity index is 1580. The number of hydrogen-bond acceptors (Lipinski definition) is 7. The third kappa shape index (κ3) is 6.45. The molecule has 1 aromatic heterocycles. The Morgan fingerprint density at radius 2 is 1.87 bits per heavy atom. The highest BCUT2D eigenvalue weighted by Crippen LogP contribution is 2.39. The number of aryl methyl sites for hydroxylation is 2. The maximum absolute atomic E-state index is 13.9. The van der Waals surface area contributed by atoms with Crippen molar-refractivity contribution in [3.63, 3.8) is 0 Å². The van der Waals surface area contributed by atoms with Gasteiger partial charge in [-0.25, -0.2) is 4.98 Å². The van der Waals surface area contributed by atoms with Crippen LogP contribution in [0.4, 0.5) is 11.4 Å². The molecule has 9 heteroatoms. The molecule has 2 saturated carbocycles. The largest absolute Gasteiger partial charge is 0.448 e. The number of carbonyl (C=O) groups excluding carboxylic acids is 2. The first-order valence-corrected chi connectivity index (χ1v) is 17.3. The Hall–Kier alpha value is -3.69. The number of nitrogens with zero attached hydrogens (tertiary/aromatic N) is 3. The minimum atomic E-state index is -0.952. The van der Waals surface area contributed by atoms with Crippen LogP contribution >= 0.6 is 0 Å². The van der Waals surface area contributed by atoms with Gasteiger partial charge in [-0.3, -0.25) is 9.59 Å². The lowest BCUT2D eigenvalue weighted by Crippen LogP contribution is -2.55. The van der Waals surface area contributed by atoms with Gasteiger partial charge in [-0.1, -0.05) is 24.3 Å². The van der Waals surface area contributed by atoms with Crippen LogP contribution in [0.5, 0.6) is 0 Å². The lowest BCUT2D eigenvalue weighted by atomic mass is 9.86. The zero-order valence-electron chi connectivity index (χ0n) is 26.8. The molecule has 3 N–H and O–H groups in total. The summed E-state index contributed by atoms with van der Waals surface area (Å²) in [6.07, 6.45) is 9.61. The molecule has 3 aromatic rings. The minimum absolute atomic E-state index is 0.154. The number of fused-ring (bicyclic) bond motifs is 1. The highest BCUT2D eigenvalue weighted by Gasteiger charge is 2.39. The van der Waals surface area contributed by atoms with Crippen LogP contribution in [-0.4, -0.2) is 69.8 Å². The van der Waals surface area contributed by atoms with Crippen LogP contribution in [0.3, 0.4) is 0 Å². The number of benzene rings is 2. The number of aliphatic hydroxyl groups excluding tert-OH is 2. The summed E-state index contributed by atoms with van der Waals surface area (Å²) in [5.41, 5.74) is 6.09. The van der Waals surface area contributed by atoms with E-state index in [0.717, 1.165) is 69.2 Å². The minimum Gasteiger partial charge on any atom is -0.448 e. The Morgan fingerprint density at radius 1 is 1.02 bits per heavy atom. The third-order valence-electron chi connectivity index (χ3n) is 10.7. The molecule has 2 amide bonds. The Balaban J connectivity index is 1.10. The average molecular weight is 627 g/mol. The summed E-state index contributed by atoms with van der Waals surface area (Å²) < 4.78 is 5.59. The molecular formula is C37H46N4O5. The molecular weight excluding hydrogens is 580 g/mol. The van der Waals surface area contributed by atoms with Gasteiger partial charge in [-0.05, 0) is 112 Å². The van der Waals surface area contributed by atoms with Gasteiger partial charge in [0.25, 0.3) is 11.8 Å². The average Bonchev–Trinajstić information content (AvgIpc) is 3.83. The summed E-state index contributed by atoms with van der Waals surface area (Å²) in [5.74, 6) is 0.995. The second-order valence-corrected chi connectivity index (χ2v) is 13.9. The lowest BCUT2D eigenvalue weighted by molar-refractivity contribution is -0.0578. The van der Waals surface area contributed by atoms with Gasteiger partial charge >= 0.3 is 0 Å². The number of nitrogens with one attached hydrogen (secondary N) is 1. The highest BCUT2D eigenvalue weighted by molar-refractivity contribution is 6.05. The number of hydrogen-bond donors (Lipinski definition) is 3. The van der Waals surface area contributed by atoms with E-state index in [4.69, 9.17) is 4.42 Å². The van der Waals surface area contributed by atoms with Crippen molar-refractivity contribution in [2.24, 2.45) is 5.92 Å². The van der Waals surface area contributed by atoms with Crippen LogP contribution in [0, 0.1) is 12.8 Å². The fourth-order valence-electron chi connectivity index (χ4n) is 7.78. The van der Waals surface area contributed by atoms with Crippen molar-refractivity contribution < 1.29 is 24.2 Å². The van der Waals surface area contributed by atoms with Crippen molar-refractivity contribution in [2.75, 3.05) is 29.9 Å². The molecule has 244 valence electrons. The van der Waals surface area contributed by atoms with E-state index in [1.165, 1.54) is 23.9 Å². The summed E-state index contributed by atoms with van der Waals surface area (Å²) in [5, 5.41) is 24.1. The smallest absolute Gasteiger partial charge is 0.277 e. The second-order valence-electron chi connectivity index (χ2n) is 13.9. The first-order valence-electron chi connectivity index (χ1n) is 17.3. The van der Waals surface area contributed by atoms with E-state index in [1.54, 1.807) is 4.90 Å². The van der Waals surface area contributed by atoms with Gasteiger partial charge < -0.3 is 29.7 Å². The molecule has 3 heterocycles. The van der Waals surface area contributed by atoms with Crippen molar-refractivity contribution in [3.05, 3.63) is 76.5 Å². The zero-order valence-corrected chi connectivity index (χ0v) is 26.8. The molecule has 4 unspecified atom stereocenters. The van der Waals surface area contributed by atoms with Crippen molar-refractivity contribution in [1.29, 1.82) is 0 Å². The molecule has 2 aliphatic carbocycles. The van der Waals surface area contributed by atoms with Crippen molar-refractivity contribution in [1.82, 2.24) is 9.88 Å². The summed E-state index contributed by atoms with van der Waals surface area (Å²) in [7, 11) is 0. The highest BCUT2D eigenvalue weighted by atomic mass is 16.3. The van der Waals surface area contributed by atoms with E-state index in [-0.39, 0.29) is 17.5 Å². The second kappa shape index (κ2) is 13.2. The van der Waals surface area contributed by atoms with Gasteiger partial charge in [0.15, 0.2) is 11.6 Å². The van der Waals surface area contributed by atoms with E-state index in [9.17, 15) is 19.8 Å². The Kier molecular flexibility index (Phi) is 8.88. The van der Waals surface area contributed by atoms with Gasteiger partial charge in [-0.15, -0.1) is 0 Å². The Morgan fingerprint density at radius 3 is 2.70 bits per heavy atom. The molecule has 4 atom stereocenters. The van der Waals surface area contributed by atoms with Crippen molar-refractivity contribution >= 4 is 23.2 Å². The summed E-state index contributed by atoms with van der Waals surface area (Å²) in [6, 6.07) is 12.1. The van der Waals surface area contributed by atoms with Crippen LogP contribution in [0.25, 0.3) is 0 Å². The molecule has 3 fully saturated rings. The zero-order chi connectivity index (χ0) is 31.8. The van der Waals surface area contributed by atoms with Gasteiger partial charge in [0.05, 0.1) is 12.1 Å². The molecule has 46 heavy (non-hydrogen) atoms. The summed E-state index contributed by atoms with van der Waals surface area (Å²) >= 11 is 0. The van der Waals surface area contributed by atoms with Gasteiger partial charge in [0.2, 0.25) is 0 Å². The first-order chi connectivity index (χ1) is 22.4. The number of amides is 2. The number of carbonyl (C=O) groups is 2. The van der Waals surface area contributed by atoms with E-state index >= 15 is 0 Å². The van der Waals surface area contributed by atoms with Crippen LogP contribution < -0.4 is 10.2 Å². The van der Waals surface area contributed by atoms with E-state index in [0.29, 0.717) is 54.8 Å². The molecule has 0 spiro atoms. The lowest BCUT2D eigenvalue weighted by Gasteiger charge is -2.42. The van der Waals surface area contributed by atoms with Crippen LogP contribution in [0.1, 0.15) is 107 Å². The summed E-state index contributed by atoms with van der Waals surface area (Å²) in [4.78, 5) is 36.0. The van der Waals surface area contributed by atoms with E-state index in [1.807, 2.05) is 6.07 Å². The SMILES string of the molecule is Cc1ccccc1N1CCCC(CCc2cc3c(cc2NC(=O)c2coc(C4CC4)n2)C(=O)N(C2CCCC(O)C2O)CC3)CC1. The molecule has 2 aliphatic heterocycles. The van der Waals surface area contributed by atoms with E-state index < -0.39 is 18.2 Å². The van der Waals surface area contributed by atoms with Gasteiger partial charge in [0.1, 0.15) is 12.4 Å². The maximum atomic E-state index is 13.9. The van der Waals surface area contributed by atoms with Crippen LogP contribution in [0.2, 0.25) is 0 Å². The predicted molar refractivity (Wildman–Crippen MR) is 176 cm³/mol. The molecule has 9 nitrogen and oxygen atoms in total. The first kappa shape index (κ1) is 30.9. The topological polar surface area (TPSA) is 119 Å². The third-order valence-corrected chi connectivity index (χ3v) is 10.7.